The molecule has 0 N–H and O–H groups in total. The smallest absolute Gasteiger partial charge is 0.0721 e. The zero-order chi connectivity index (χ0) is 23.2. The van der Waals surface area contributed by atoms with E-state index in [1.54, 1.807) is 0 Å². The van der Waals surface area contributed by atoms with Crippen molar-refractivity contribution in [3.05, 3.63) is 91.9 Å². The molecule has 5 heteroatoms. The van der Waals surface area contributed by atoms with Gasteiger partial charge in [0.15, 0.2) is 0 Å². The Hall–Kier alpha value is -1.76. The third-order valence-electron chi connectivity index (χ3n) is 5.93. The molecule has 0 atom stereocenters. The van der Waals surface area contributed by atoms with Gasteiger partial charge in [-0.05, 0) is 102 Å². The second-order valence-electron chi connectivity index (χ2n) is 8.11. The summed E-state index contributed by atoms with van der Waals surface area (Å²) in [6.07, 6.45) is 0. The summed E-state index contributed by atoms with van der Waals surface area (Å²) in [7, 11) is 0. The standard InChI is InChI=1S/C28H28Br2O3/c1-19-23(15-21-7-3-5-9-25(21)27(19)29)17-32-13-11-31-12-14-33-18-24-16-22-8-4-6-10-26(22)28(30)20(24)2/h3-10,15-16H,11-14,17-18H2,1-2H3. The maximum atomic E-state index is 5.86. The summed E-state index contributed by atoms with van der Waals surface area (Å²) in [6.45, 7) is 7.62. The summed E-state index contributed by atoms with van der Waals surface area (Å²) in [6, 6.07) is 21.2. The second-order valence-corrected chi connectivity index (χ2v) is 9.70. The minimum Gasteiger partial charge on any atom is -0.377 e. The van der Waals surface area contributed by atoms with Crippen LogP contribution in [-0.2, 0) is 27.4 Å². The lowest BCUT2D eigenvalue weighted by Gasteiger charge is -2.13. The summed E-state index contributed by atoms with van der Waals surface area (Å²) < 4.78 is 19.7. The molecule has 4 aromatic rings. The molecule has 0 spiro atoms. The molecule has 0 aliphatic carbocycles. The van der Waals surface area contributed by atoms with Crippen LogP contribution >= 0.6 is 31.9 Å². The summed E-state index contributed by atoms with van der Waals surface area (Å²) in [5.74, 6) is 0. The van der Waals surface area contributed by atoms with Gasteiger partial charge in [0.25, 0.3) is 0 Å². The van der Waals surface area contributed by atoms with Gasteiger partial charge in [0.1, 0.15) is 0 Å². The van der Waals surface area contributed by atoms with E-state index in [0.29, 0.717) is 39.6 Å². The van der Waals surface area contributed by atoms with E-state index in [4.69, 9.17) is 14.2 Å². The molecule has 0 amide bonds. The number of fused-ring (bicyclic) bond motifs is 2. The van der Waals surface area contributed by atoms with Gasteiger partial charge in [-0.25, -0.2) is 0 Å². The molecule has 172 valence electrons. The Bertz CT molecular complexity index is 1160. The highest BCUT2D eigenvalue weighted by Crippen LogP contribution is 2.31. The molecule has 4 rings (SSSR count). The van der Waals surface area contributed by atoms with Crippen molar-refractivity contribution in [1.29, 1.82) is 0 Å². The van der Waals surface area contributed by atoms with Crippen molar-refractivity contribution in [1.82, 2.24) is 0 Å². The molecule has 0 saturated carbocycles. The fourth-order valence-corrected chi connectivity index (χ4v) is 5.16. The average Bonchev–Trinajstić information content (AvgIpc) is 2.84. The Morgan fingerprint density at radius 2 is 0.970 bits per heavy atom. The van der Waals surface area contributed by atoms with Crippen LogP contribution in [0.3, 0.4) is 0 Å². The van der Waals surface area contributed by atoms with Crippen LogP contribution in [0.2, 0.25) is 0 Å². The van der Waals surface area contributed by atoms with Gasteiger partial charge in [0.2, 0.25) is 0 Å². The highest BCUT2D eigenvalue weighted by Gasteiger charge is 2.09. The van der Waals surface area contributed by atoms with E-state index in [1.807, 2.05) is 0 Å². The third kappa shape index (κ3) is 5.84. The van der Waals surface area contributed by atoms with Crippen molar-refractivity contribution in [2.75, 3.05) is 26.4 Å². The van der Waals surface area contributed by atoms with E-state index in [-0.39, 0.29) is 0 Å². The Balaban J connectivity index is 1.17. The Kier molecular flexibility index (Phi) is 8.55. The van der Waals surface area contributed by atoms with E-state index in [1.165, 1.54) is 43.8 Å². The largest absolute Gasteiger partial charge is 0.377 e. The van der Waals surface area contributed by atoms with Crippen molar-refractivity contribution >= 4 is 53.4 Å². The van der Waals surface area contributed by atoms with E-state index < -0.39 is 0 Å². The summed E-state index contributed by atoms with van der Waals surface area (Å²) in [5, 5.41) is 4.90. The highest BCUT2D eigenvalue weighted by molar-refractivity contribution is 9.11. The first kappa shape index (κ1) is 24.4. The van der Waals surface area contributed by atoms with Crippen molar-refractivity contribution < 1.29 is 14.2 Å². The molecule has 4 aromatic carbocycles. The lowest BCUT2D eigenvalue weighted by molar-refractivity contribution is 0.00691. The Labute approximate surface area is 212 Å². The van der Waals surface area contributed by atoms with E-state index in [2.05, 4.69) is 106 Å². The predicted octanol–water partition coefficient (Wildman–Crippen LogP) is 7.88. The molecule has 33 heavy (non-hydrogen) atoms. The van der Waals surface area contributed by atoms with Crippen LogP contribution in [0.4, 0.5) is 0 Å². The third-order valence-corrected chi connectivity index (χ3v) is 7.98. The maximum absolute atomic E-state index is 5.86. The van der Waals surface area contributed by atoms with Crippen LogP contribution in [0.25, 0.3) is 21.5 Å². The van der Waals surface area contributed by atoms with Crippen molar-refractivity contribution in [3.63, 3.8) is 0 Å². The average molecular weight is 572 g/mol. The molecule has 0 radical (unpaired) electrons. The molecule has 0 aliphatic heterocycles. The van der Waals surface area contributed by atoms with Crippen molar-refractivity contribution in [2.45, 2.75) is 27.1 Å². The van der Waals surface area contributed by atoms with Crippen LogP contribution in [0.15, 0.2) is 69.6 Å². The molecular weight excluding hydrogens is 544 g/mol. The number of rotatable bonds is 10. The molecule has 0 fully saturated rings. The Morgan fingerprint density at radius 1 is 0.576 bits per heavy atom. The number of halogens is 2. The molecule has 0 aliphatic rings. The van der Waals surface area contributed by atoms with Crippen molar-refractivity contribution in [3.8, 4) is 0 Å². The molecular formula is C28H28Br2O3. The lowest BCUT2D eigenvalue weighted by Crippen LogP contribution is -2.10. The number of hydrogen-bond acceptors (Lipinski definition) is 3. The van der Waals surface area contributed by atoms with E-state index >= 15 is 0 Å². The SMILES string of the molecule is Cc1c(COCCOCCOCc2cc3ccccc3c(Br)c2C)cc2ccccc2c1Br. The predicted molar refractivity (Wildman–Crippen MR) is 143 cm³/mol. The fraction of sp³-hybridized carbons (Fsp3) is 0.286. The normalized spacial score (nSPS) is 11.5. The van der Waals surface area contributed by atoms with Gasteiger partial charge < -0.3 is 14.2 Å². The number of hydrogen-bond donors (Lipinski definition) is 0. The minimum atomic E-state index is 0.553. The lowest BCUT2D eigenvalue weighted by atomic mass is 10.0. The second kappa shape index (κ2) is 11.6. The van der Waals surface area contributed by atoms with E-state index in [0.717, 1.165) is 8.95 Å². The van der Waals surface area contributed by atoms with Crippen LogP contribution in [0, 0.1) is 13.8 Å². The van der Waals surface area contributed by atoms with Crippen molar-refractivity contribution in [2.24, 2.45) is 0 Å². The van der Waals surface area contributed by atoms with Gasteiger partial charge in [0, 0.05) is 8.95 Å². The van der Waals surface area contributed by atoms with Crippen LogP contribution in [-0.4, -0.2) is 26.4 Å². The van der Waals surface area contributed by atoms with Crippen LogP contribution < -0.4 is 0 Å². The first-order valence-electron chi connectivity index (χ1n) is 11.1. The summed E-state index contributed by atoms with van der Waals surface area (Å²) >= 11 is 7.46. The Morgan fingerprint density at radius 3 is 1.42 bits per heavy atom. The molecule has 0 bridgehead atoms. The number of benzene rings is 4. The fourth-order valence-electron chi connectivity index (χ4n) is 3.93. The highest BCUT2D eigenvalue weighted by atomic mass is 79.9. The quantitative estimate of drug-likeness (QED) is 0.181. The summed E-state index contributed by atoms with van der Waals surface area (Å²) in [5.41, 5.74) is 4.83. The topological polar surface area (TPSA) is 27.7 Å². The van der Waals surface area contributed by atoms with Gasteiger partial charge in [-0.3, -0.25) is 0 Å². The zero-order valence-electron chi connectivity index (χ0n) is 19.0. The molecule has 3 nitrogen and oxygen atoms in total. The molecule has 0 aromatic heterocycles. The number of ether oxygens (including phenoxy) is 3. The maximum Gasteiger partial charge on any atom is 0.0721 e. The molecule has 0 saturated heterocycles. The van der Waals surface area contributed by atoms with Gasteiger partial charge in [0.05, 0.1) is 39.6 Å². The molecule has 0 unspecified atom stereocenters. The van der Waals surface area contributed by atoms with Gasteiger partial charge in [-0.2, -0.15) is 0 Å². The van der Waals surface area contributed by atoms with Gasteiger partial charge >= 0.3 is 0 Å². The minimum absolute atomic E-state index is 0.553. The monoisotopic (exact) mass is 570 g/mol. The van der Waals surface area contributed by atoms with Crippen LogP contribution in [0.1, 0.15) is 22.3 Å². The molecule has 0 heterocycles. The first-order chi connectivity index (χ1) is 16.1. The van der Waals surface area contributed by atoms with E-state index in [9.17, 15) is 0 Å². The first-order valence-corrected chi connectivity index (χ1v) is 12.7. The van der Waals surface area contributed by atoms with Gasteiger partial charge in [-0.15, -0.1) is 0 Å². The van der Waals surface area contributed by atoms with Crippen LogP contribution in [0.5, 0.6) is 0 Å². The summed E-state index contributed by atoms with van der Waals surface area (Å²) in [4.78, 5) is 0. The zero-order valence-corrected chi connectivity index (χ0v) is 22.2. The van der Waals surface area contributed by atoms with Gasteiger partial charge in [-0.1, -0.05) is 48.5 Å².